The predicted molar refractivity (Wildman–Crippen MR) is 230 cm³/mol. The van der Waals surface area contributed by atoms with E-state index in [1.54, 1.807) is 0 Å². The van der Waals surface area contributed by atoms with Crippen LogP contribution >= 0.6 is 16.8 Å². The minimum atomic E-state index is -1.93. The Labute approximate surface area is 332 Å². The smallest absolute Gasteiger partial charge is 0.408 e. The fourth-order valence-corrected chi connectivity index (χ4v) is 10.6. The van der Waals surface area contributed by atoms with Crippen molar-refractivity contribution < 1.29 is 26.5 Å². The molecule has 0 saturated carbocycles. The van der Waals surface area contributed by atoms with Gasteiger partial charge in [-0.3, -0.25) is 0 Å². The van der Waals surface area contributed by atoms with Crippen LogP contribution in [0.15, 0.2) is 105 Å². The van der Waals surface area contributed by atoms with Crippen molar-refractivity contribution >= 4 is 38.8 Å². The number of hydrogen-bond donors (Lipinski definition) is 0. The van der Waals surface area contributed by atoms with Gasteiger partial charge >= 0.3 is 16.8 Å². The number of benzene rings is 6. The van der Waals surface area contributed by atoms with E-state index in [1.807, 2.05) is 36.4 Å². The Bertz CT molecular complexity index is 2580. The molecule has 6 nitrogen and oxygen atoms in total. The average Bonchev–Trinajstić information content (AvgIpc) is 3.30. The van der Waals surface area contributed by atoms with E-state index in [0.29, 0.717) is 0 Å². The molecule has 8 rings (SSSR count). The second kappa shape index (κ2) is 15.1. The van der Waals surface area contributed by atoms with Gasteiger partial charge in [-0.15, -0.1) is 0 Å². The summed E-state index contributed by atoms with van der Waals surface area (Å²) >= 11 is 0. The molecule has 1 unspecified atom stereocenters. The molecule has 0 radical (unpaired) electrons. The van der Waals surface area contributed by atoms with Crippen LogP contribution in [0.2, 0.25) is 0 Å². The van der Waals surface area contributed by atoms with Crippen molar-refractivity contribution in [3.05, 3.63) is 164 Å². The molecule has 7 aromatic rings. The van der Waals surface area contributed by atoms with E-state index >= 15 is 0 Å². The zero-order valence-corrected chi connectivity index (χ0v) is 35.5. The molecule has 0 aliphatic carbocycles. The van der Waals surface area contributed by atoms with Crippen LogP contribution in [0.1, 0.15) is 92.4 Å². The molecule has 0 amide bonds. The number of fused-ring (bicyclic) bond motifs is 5. The molecule has 1 aliphatic rings. The van der Waals surface area contributed by atoms with Crippen molar-refractivity contribution in [2.24, 2.45) is 0 Å². The zero-order chi connectivity index (χ0) is 39.4. The molecule has 1 aliphatic heterocycles. The Balaban J connectivity index is 1.24. The van der Waals surface area contributed by atoms with Crippen LogP contribution < -0.4 is 18.1 Å². The summed E-state index contributed by atoms with van der Waals surface area (Å²) in [5.41, 5.74) is 14.5. The van der Waals surface area contributed by atoms with Gasteiger partial charge in [-0.05, 0) is 89.8 Å². The van der Waals surface area contributed by atoms with Crippen molar-refractivity contribution in [3.63, 3.8) is 0 Å². The second-order valence-electron chi connectivity index (χ2n) is 15.4. The Hall–Kier alpha value is -5.15. The van der Waals surface area contributed by atoms with Gasteiger partial charge in [-0.2, -0.15) is 0 Å². The summed E-state index contributed by atoms with van der Waals surface area (Å²) in [6, 6.07) is 33.5. The van der Waals surface area contributed by atoms with Gasteiger partial charge in [0, 0.05) is 44.9 Å². The third-order valence-electron chi connectivity index (χ3n) is 10.7. The first kappa shape index (κ1) is 37.8. The highest BCUT2D eigenvalue weighted by atomic mass is 31.2. The summed E-state index contributed by atoms with van der Waals surface area (Å²) in [6.45, 7) is 21.3. The van der Waals surface area contributed by atoms with Gasteiger partial charge in [0.1, 0.15) is 34.2 Å². The lowest BCUT2D eigenvalue weighted by Crippen LogP contribution is -2.14. The Kier molecular flexibility index (Phi) is 10.2. The fraction of sp³-hybridized carbons (Fsp3) is 0.250. The highest BCUT2D eigenvalue weighted by Crippen LogP contribution is 2.54. The maximum absolute atomic E-state index is 7.05. The average molecular weight is 783 g/mol. The number of hydrogen-bond acceptors (Lipinski definition) is 6. The van der Waals surface area contributed by atoms with E-state index in [1.165, 1.54) is 11.1 Å². The highest BCUT2D eigenvalue weighted by Gasteiger charge is 2.33. The molecule has 1 atom stereocenters. The molecule has 1 aromatic heterocycles. The molecule has 6 aromatic carbocycles. The van der Waals surface area contributed by atoms with Gasteiger partial charge in [0.05, 0.1) is 0 Å². The Morgan fingerprint density at radius 1 is 0.518 bits per heavy atom. The lowest BCUT2D eigenvalue weighted by Gasteiger charge is -2.30. The lowest BCUT2D eigenvalue weighted by molar-refractivity contribution is 0.373. The first-order valence-corrected chi connectivity index (χ1v) is 21.3. The molecular weight excluding hydrogens is 734 g/mol. The van der Waals surface area contributed by atoms with Crippen LogP contribution in [-0.2, 0) is 0 Å². The molecule has 0 bridgehead atoms. The van der Waals surface area contributed by atoms with Gasteiger partial charge in [0.25, 0.3) is 0 Å². The standard InChI is InChI=1S/C48H48O6P2/c1-27-19-31(5)45(51-55-49-43-17-13-11-15-37(43)38-16-12-14-18-44(38)50-55)39(23-27)35(9)40-24-28(2)20-32(6)46(40)52-56-53-47-33(7)21-29(3)25-41(47)36(10)42-26-30(4)22-34(8)48(42)54-56/h11-26,35-36H,1-10H3. The molecule has 56 heavy (non-hydrogen) atoms. The van der Waals surface area contributed by atoms with Crippen molar-refractivity contribution in [2.45, 2.75) is 81.1 Å². The summed E-state index contributed by atoms with van der Waals surface area (Å²) in [7, 11) is -3.78. The van der Waals surface area contributed by atoms with Crippen molar-refractivity contribution in [2.75, 3.05) is 0 Å². The highest BCUT2D eigenvalue weighted by molar-refractivity contribution is 7.43. The minimum Gasteiger partial charge on any atom is -0.408 e. The first-order chi connectivity index (χ1) is 26.8. The topological polar surface area (TPSA) is 63.2 Å². The number of rotatable bonds is 6. The van der Waals surface area contributed by atoms with Gasteiger partial charge < -0.3 is 26.5 Å². The SMILES string of the molecule is Cc1cc(C)c2c(c1)C(C)c1cc(C)cc(C)c1OP(Oc1c(C)cc(C)cc1C(C)c1cc(C)cc(C)c1Op1oc3ccccc3c3ccccc3o1)O2. The molecule has 8 heteroatoms. The van der Waals surface area contributed by atoms with Gasteiger partial charge in [0.15, 0.2) is 0 Å². The second-order valence-corrected chi connectivity index (χ2v) is 17.4. The van der Waals surface area contributed by atoms with Crippen LogP contribution in [0.3, 0.4) is 0 Å². The molecular formula is C48H48O6P2. The molecule has 0 saturated heterocycles. The normalized spacial score (nSPS) is 15.5. The van der Waals surface area contributed by atoms with Crippen LogP contribution in [-0.4, -0.2) is 0 Å². The Morgan fingerprint density at radius 3 is 1.41 bits per heavy atom. The van der Waals surface area contributed by atoms with Crippen LogP contribution in [0.25, 0.3) is 21.9 Å². The summed E-state index contributed by atoms with van der Waals surface area (Å²) in [6.07, 6.45) is 0. The summed E-state index contributed by atoms with van der Waals surface area (Å²) in [5.74, 6) is 3.01. The van der Waals surface area contributed by atoms with Crippen molar-refractivity contribution in [1.82, 2.24) is 0 Å². The quantitative estimate of drug-likeness (QED) is 0.157. The lowest BCUT2D eigenvalue weighted by atomic mass is 9.87. The minimum absolute atomic E-state index is 0.0686. The van der Waals surface area contributed by atoms with Crippen LogP contribution in [0, 0.1) is 55.4 Å². The molecule has 0 N–H and O–H groups in total. The van der Waals surface area contributed by atoms with Crippen LogP contribution in [0.4, 0.5) is 0 Å². The summed E-state index contributed by atoms with van der Waals surface area (Å²) < 4.78 is 40.7. The predicted octanol–water partition coefficient (Wildman–Crippen LogP) is 15.0. The van der Waals surface area contributed by atoms with E-state index in [4.69, 9.17) is 26.5 Å². The molecule has 0 fully saturated rings. The van der Waals surface area contributed by atoms with Crippen molar-refractivity contribution in [3.8, 4) is 23.0 Å². The van der Waals surface area contributed by atoms with E-state index in [9.17, 15) is 0 Å². The van der Waals surface area contributed by atoms with Gasteiger partial charge in [-0.25, -0.2) is 0 Å². The fourth-order valence-electron chi connectivity index (χ4n) is 8.18. The van der Waals surface area contributed by atoms with Crippen LogP contribution in [0.5, 0.6) is 23.0 Å². The van der Waals surface area contributed by atoms with E-state index < -0.39 is 16.8 Å². The largest absolute Gasteiger partial charge is 0.530 e. The Morgan fingerprint density at radius 2 is 0.929 bits per heavy atom. The van der Waals surface area contributed by atoms with Gasteiger partial charge in [0.2, 0.25) is 0 Å². The number of para-hydroxylation sites is 2. The van der Waals surface area contributed by atoms with E-state index in [0.717, 1.165) is 101 Å². The summed E-state index contributed by atoms with van der Waals surface area (Å²) in [5, 5.41) is 1.94. The summed E-state index contributed by atoms with van der Waals surface area (Å²) in [4.78, 5) is 0. The zero-order valence-electron chi connectivity index (χ0n) is 33.7. The van der Waals surface area contributed by atoms with Crippen molar-refractivity contribution in [1.29, 1.82) is 0 Å². The van der Waals surface area contributed by atoms with E-state index in [2.05, 4.69) is 130 Å². The monoisotopic (exact) mass is 782 g/mol. The third-order valence-corrected chi connectivity index (χ3v) is 12.7. The third kappa shape index (κ3) is 7.18. The molecule has 286 valence electrons. The van der Waals surface area contributed by atoms with E-state index in [-0.39, 0.29) is 11.8 Å². The maximum atomic E-state index is 7.05. The van der Waals surface area contributed by atoms with Gasteiger partial charge in [-0.1, -0.05) is 121 Å². The molecule has 0 spiro atoms. The number of aryl methyl sites for hydroxylation is 8. The molecule has 2 heterocycles. The maximum Gasteiger partial charge on any atom is 0.530 e. The first-order valence-electron chi connectivity index (χ1n) is 19.2.